The van der Waals surface area contributed by atoms with Gasteiger partial charge in [0.25, 0.3) is 0 Å². The zero-order valence-electron chi connectivity index (χ0n) is 12.6. The molecule has 0 aliphatic carbocycles. The topological polar surface area (TPSA) is 36.8 Å². The molecule has 0 spiro atoms. The van der Waals surface area contributed by atoms with Gasteiger partial charge in [-0.1, -0.05) is 12.2 Å². The standard InChI is InChI=1S/C15H25N3/c1-8-9-14(10-18-11(2)3)15(17-7)12(4)13(5)16-6/h8-10,16H,1-7H3/b9-8+,13-12+,14-10+,17-15?. The minimum atomic E-state index is 0.963. The molecule has 0 aliphatic heterocycles. The molecule has 0 saturated heterocycles. The fourth-order valence-electron chi connectivity index (χ4n) is 1.44. The summed E-state index contributed by atoms with van der Waals surface area (Å²) in [6, 6.07) is 0. The molecule has 18 heavy (non-hydrogen) atoms. The third kappa shape index (κ3) is 5.13. The van der Waals surface area contributed by atoms with Crippen molar-refractivity contribution in [2.75, 3.05) is 14.1 Å². The van der Waals surface area contributed by atoms with Crippen LogP contribution in [0.25, 0.3) is 0 Å². The van der Waals surface area contributed by atoms with E-state index in [0.29, 0.717) is 0 Å². The van der Waals surface area contributed by atoms with Crippen molar-refractivity contribution in [3.63, 3.8) is 0 Å². The molecule has 0 rings (SSSR count). The van der Waals surface area contributed by atoms with Gasteiger partial charge in [-0.05, 0) is 40.2 Å². The molecule has 1 N–H and O–H groups in total. The molecule has 0 aromatic carbocycles. The fraction of sp³-hybridized carbons (Fsp3) is 0.467. The second-order valence-electron chi connectivity index (χ2n) is 4.23. The van der Waals surface area contributed by atoms with Crippen LogP contribution >= 0.6 is 0 Å². The molecule has 0 bridgehead atoms. The van der Waals surface area contributed by atoms with Crippen molar-refractivity contribution in [1.82, 2.24) is 5.32 Å². The van der Waals surface area contributed by atoms with Crippen molar-refractivity contribution in [1.29, 1.82) is 0 Å². The molecular weight excluding hydrogens is 222 g/mol. The van der Waals surface area contributed by atoms with Gasteiger partial charge < -0.3 is 5.32 Å². The van der Waals surface area contributed by atoms with Gasteiger partial charge in [-0.3, -0.25) is 9.98 Å². The van der Waals surface area contributed by atoms with E-state index in [2.05, 4.69) is 22.2 Å². The minimum Gasteiger partial charge on any atom is -0.391 e. The Balaban J connectivity index is 5.62. The Labute approximate surface area is 111 Å². The van der Waals surface area contributed by atoms with E-state index in [0.717, 1.165) is 28.3 Å². The van der Waals surface area contributed by atoms with Crippen LogP contribution in [0.2, 0.25) is 0 Å². The average molecular weight is 247 g/mol. The van der Waals surface area contributed by atoms with Crippen molar-refractivity contribution >= 4 is 11.4 Å². The van der Waals surface area contributed by atoms with Crippen molar-refractivity contribution < 1.29 is 0 Å². The zero-order chi connectivity index (χ0) is 14.1. The highest BCUT2D eigenvalue weighted by Crippen LogP contribution is 2.13. The van der Waals surface area contributed by atoms with Gasteiger partial charge in [-0.15, -0.1) is 0 Å². The molecular formula is C15H25N3. The Morgan fingerprint density at radius 3 is 2.11 bits per heavy atom. The van der Waals surface area contributed by atoms with E-state index >= 15 is 0 Å². The molecule has 100 valence electrons. The number of allylic oxidation sites excluding steroid dienone is 5. The van der Waals surface area contributed by atoms with Crippen LogP contribution in [0.3, 0.4) is 0 Å². The summed E-state index contributed by atoms with van der Waals surface area (Å²) < 4.78 is 0. The molecule has 0 amide bonds. The van der Waals surface area contributed by atoms with Crippen LogP contribution in [0, 0.1) is 0 Å². The lowest BCUT2D eigenvalue weighted by atomic mass is 10.0. The lowest BCUT2D eigenvalue weighted by Crippen LogP contribution is -2.12. The summed E-state index contributed by atoms with van der Waals surface area (Å²) in [5, 5.41) is 3.15. The predicted octanol–water partition coefficient (Wildman–Crippen LogP) is 3.51. The molecule has 0 atom stereocenters. The van der Waals surface area contributed by atoms with Gasteiger partial charge in [0.1, 0.15) is 0 Å². The first-order valence-electron chi connectivity index (χ1n) is 6.14. The van der Waals surface area contributed by atoms with Gasteiger partial charge in [-0.2, -0.15) is 0 Å². The number of rotatable bonds is 5. The summed E-state index contributed by atoms with van der Waals surface area (Å²) in [6.07, 6.45) is 5.89. The van der Waals surface area contributed by atoms with Crippen LogP contribution in [-0.4, -0.2) is 25.5 Å². The third-order valence-electron chi connectivity index (χ3n) is 2.60. The Hall–Kier alpha value is -1.64. The van der Waals surface area contributed by atoms with Crippen molar-refractivity contribution in [2.24, 2.45) is 9.98 Å². The first-order valence-corrected chi connectivity index (χ1v) is 6.14. The SMILES string of the molecule is C/C=C/C(=C\N=C(C)C)C(=NC)/C(C)=C(\C)NC. The highest BCUT2D eigenvalue weighted by Gasteiger charge is 2.08. The van der Waals surface area contributed by atoms with Gasteiger partial charge >= 0.3 is 0 Å². The van der Waals surface area contributed by atoms with Crippen LogP contribution in [0.15, 0.2) is 45.2 Å². The monoisotopic (exact) mass is 247 g/mol. The van der Waals surface area contributed by atoms with Gasteiger partial charge in [0, 0.05) is 37.3 Å². The average Bonchev–Trinajstić information content (AvgIpc) is 2.35. The van der Waals surface area contributed by atoms with Crippen molar-refractivity contribution in [2.45, 2.75) is 34.6 Å². The predicted molar refractivity (Wildman–Crippen MR) is 82.5 cm³/mol. The first-order chi connectivity index (χ1) is 8.47. The molecule has 0 aromatic heterocycles. The summed E-state index contributed by atoms with van der Waals surface area (Å²) >= 11 is 0. The maximum absolute atomic E-state index is 4.38. The molecule has 0 fully saturated rings. The van der Waals surface area contributed by atoms with E-state index in [9.17, 15) is 0 Å². The number of nitrogens with one attached hydrogen (secondary N) is 1. The molecule has 0 saturated carbocycles. The van der Waals surface area contributed by atoms with Crippen molar-refractivity contribution in [3.05, 3.63) is 35.2 Å². The van der Waals surface area contributed by atoms with Gasteiger partial charge in [-0.25, -0.2) is 0 Å². The molecule has 0 heterocycles. The molecule has 3 nitrogen and oxygen atoms in total. The maximum Gasteiger partial charge on any atom is 0.0704 e. The second-order valence-corrected chi connectivity index (χ2v) is 4.23. The van der Waals surface area contributed by atoms with E-state index in [1.807, 2.05) is 60.1 Å². The largest absolute Gasteiger partial charge is 0.391 e. The van der Waals surface area contributed by atoms with Crippen LogP contribution in [0.1, 0.15) is 34.6 Å². The van der Waals surface area contributed by atoms with Gasteiger partial charge in [0.05, 0.1) is 5.71 Å². The number of hydrogen-bond acceptors (Lipinski definition) is 3. The van der Waals surface area contributed by atoms with Crippen molar-refractivity contribution in [3.8, 4) is 0 Å². The summed E-state index contributed by atoms with van der Waals surface area (Å²) in [4.78, 5) is 8.74. The number of aliphatic imine (C=N–C) groups is 2. The van der Waals surface area contributed by atoms with Crippen LogP contribution in [0.5, 0.6) is 0 Å². The highest BCUT2D eigenvalue weighted by atomic mass is 14.8. The second kappa shape index (κ2) is 8.45. The Morgan fingerprint density at radius 2 is 1.72 bits per heavy atom. The Morgan fingerprint density at radius 1 is 1.11 bits per heavy atom. The number of hydrogen-bond donors (Lipinski definition) is 1. The summed E-state index contributed by atoms with van der Waals surface area (Å²) in [6.45, 7) is 10.1. The quantitative estimate of drug-likeness (QED) is 0.586. The van der Waals surface area contributed by atoms with Crippen LogP contribution < -0.4 is 5.32 Å². The lowest BCUT2D eigenvalue weighted by Gasteiger charge is -2.11. The Kier molecular flexibility index (Phi) is 7.68. The molecule has 0 unspecified atom stereocenters. The van der Waals surface area contributed by atoms with E-state index in [4.69, 9.17) is 0 Å². The summed E-state index contributed by atoms with van der Waals surface area (Å²) in [7, 11) is 3.72. The first kappa shape index (κ1) is 16.4. The summed E-state index contributed by atoms with van der Waals surface area (Å²) in [5.41, 5.74) is 5.26. The van der Waals surface area contributed by atoms with Gasteiger partial charge in [0.15, 0.2) is 0 Å². The maximum atomic E-state index is 4.38. The van der Waals surface area contributed by atoms with E-state index in [1.54, 1.807) is 0 Å². The molecule has 0 aliphatic rings. The third-order valence-corrected chi connectivity index (χ3v) is 2.60. The number of nitrogens with zero attached hydrogens (tertiary/aromatic N) is 2. The van der Waals surface area contributed by atoms with E-state index in [1.165, 1.54) is 0 Å². The lowest BCUT2D eigenvalue weighted by molar-refractivity contribution is 0.973. The fourth-order valence-corrected chi connectivity index (χ4v) is 1.44. The molecule has 0 radical (unpaired) electrons. The normalized spacial score (nSPS) is 14.6. The van der Waals surface area contributed by atoms with Gasteiger partial charge in [0.2, 0.25) is 0 Å². The zero-order valence-corrected chi connectivity index (χ0v) is 12.6. The van der Waals surface area contributed by atoms with E-state index < -0.39 is 0 Å². The molecule has 0 aromatic rings. The van der Waals surface area contributed by atoms with E-state index in [-0.39, 0.29) is 0 Å². The van der Waals surface area contributed by atoms with Crippen LogP contribution in [-0.2, 0) is 0 Å². The molecule has 3 heteroatoms. The summed E-state index contributed by atoms with van der Waals surface area (Å²) in [5.74, 6) is 0. The van der Waals surface area contributed by atoms with Crippen LogP contribution in [0.4, 0.5) is 0 Å². The Bertz CT molecular complexity index is 417. The highest BCUT2D eigenvalue weighted by molar-refractivity contribution is 6.14. The smallest absolute Gasteiger partial charge is 0.0704 e. The minimum absolute atomic E-state index is 0.963.